The average molecular weight is 418 g/mol. The molecule has 6 nitrogen and oxygen atoms in total. The maximum absolute atomic E-state index is 12.2. The first kappa shape index (κ1) is 22.7. The maximum atomic E-state index is 12.2. The molecule has 0 radical (unpaired) electrons. The summed E-state index contributed by atoms with van der Waals surface area (Å²) in [5.41, 5.74) is 3.76. The van der Waals surface area contributed by atoms with Crippen LogP contribution in [0.4, 0.5) is 11.4 Å². The van der Waals surface area contributed by atoms with Gasteiger partial charge in [-0.3, -0.25) is 9.10 Å². The number of amides is 1. The summed E-state index contributed by atoms with van der Waals surface area (Å²) in [7, 11) is -1.43. The van der Waals surface area contributed by atoms with Crippen molar-refractivity contribution in [2.75, 3.05) is 42.1 Å². The lowest BCUT2D eigenvalue weighted by Gasteiger charge is -2.23. The van der Waals surface area contributed by atoms with Gasteiger partial charge in [0.1, 0.15) is 0 Å². The van der Waals surface area contributed by atoms with E-state index < -0.39 is 10.0 Å². The Morgan fingerprint density at radius 2 is 1.59 bits per heavy atom. The fourth-order valence-corrected chi connectivity index (χ4v) is 4.18. The molecule has 7 heteroatoms. The van der Waals surface area contributed by atoms with Crippen LogP contribution in [0.3, 0.4) is 0 Å². The third-order valence-electron chi connectivity index (χ3n) is 4.63. The molecule has 0 aliphatic heterocycles. The molecule has 2 aromatic rings. The maximum Gasteiger partial charge on any atom is 0.232 e. The van der Waals surface area contributed by atoms with Crippen molar-refractivity contribution in [1.29, 1.82) is 0 Å². The number of carbonyl (C=O) groups is 1. The Balaban J connectivity index is 1.82. The van der Waals surface area contributed by atoms with E-state index in [0.29, 0.717) is 25.2 Å². The van der Waals surface area contributed by atoms with Crippen LogP contribution < -0.4 is 14.5 Å². The van der Waals surface area contributed by atoms with Gasteiger partial charge in [0, 0.05) is 38.8 Å². The molecule has 0 atom stereocenters. The number of likely N-dealkylation sites (N-methyl/N-ethyl adjacent to an activating group) is 1. The summed E-state index contributed by atoms with van der Waals surface area (Å²) in [5, 5.41) is 2.91. The summed E-state index contributed by atoms with van der Waals surface area (Å²) >= 11 is 0. The minimum absolute atomic E-state index is 0.0691. The molecule has 0 fully saturated rings. The molecule has 0 saturated heterocycles. The number of rotatable bonds is 10. The van der Waals surface area contributed by atoms with E-state index in [1.54, 1.807) is 0 Å². The second-order valence-corrected chi connectivity index (χ2v) is 9.30. The van der Waals surface area contributed by atoms with Crippen LogP contribution >= 0.6 is 0 Å². The van der Waals surface area contributed by atoms with Crippen molar-refractivity contribution in [3.05, 3.63) is 59.7 Å². The Kier molecular flexibility index (Phi) is 8.08. The van der Waals surface area contributed by atoms with Gasteiger partial charge in [0.2, 0.25) is 15.9 Å². The number of benzene rings is 2. The lowest BCUT2D eigenvalue weighted by molar-refractivity contribution is -0.121. The normalized spacial score (nSPS) is 11.2. The van der Waals surface area contributed by atoms with E-state index >= 15 is 0 Å². The predicted molar refractivity (Wildman–Crippen MR) is 120 cm³/mol. The van der Waals surface area contributed by atoms with E-state index in [1.165, 1.54) is 10.6 Å². The van der Waals surface area contributed by atoms with E-state index in [9.17, 15) is 13.2 Å². The van der Waals surface area contributed by atoms with Gasteiger partial charge < -0.3 is 10.2 Å². The number of para-hydroxylation sites is 1. The first-order chi connectivity index (χ1) is 13.7. The van der Waals surface area contributed by atoms with E-state index in [2.05, 4.69) is 10.2 Å². The second-order valence-electron chi connectivity index (χ2n) is 7.39. The van der Waals surface area contributed by atoms with Crippen molar-refractivity contribution in [1.82, 2.24) is 5.32 Å². The number of aryl methyl sites for hydroxylation is 2. The zero-order valence-corrected chi connectivity index (χ0v) is 18.5. The van der Waals surface area contributed by atoms with Crippen LogP contribution in [-0.4, -0.2) is 47.3 Å². The summed E-state index contributed by atoms with van der Waals surface area (Å²) in [4.78, 5) is 14.2. The van der Waals surface area contributed by atoms with Crippen LogP contribution in [0.2, 0.25) is 0 Å². The molecule has 2 rings (SSSR count). The highest BCUT2D eigenvalue weighted by Gasteiger charge is 2.18. The Bertz CT molecular complexity index is 894. The quantitative estimate of drug-likeness (QED) is 0.645. The molecule has 0 spiro atoms. The highest BCUT2D eigenvalue weighted by molar-refractivity contribution is 7.92. The Morgan fingerprint density at radius 3 is 2.17 bits per heavy atom. The zero-order valence-electron chi connectivity index (χ0n) is 17.7. The summed E-state index contributed by atoms with van der Waals surface area (Å²) in [6, 6.07) is 15.7. The molecule has 0 aliphatic rings. The number of hydrogen-bond donors (Lipinski definition) is 1. The monoisotopic (exact) mass is 417 g/mol. The standard InChI is InChI=1S/C22H31N3O3S/c1-18-15-19(2)17-21(16-18)25(29(4,27)28)13-8-11-22(26)23-12-14-24(3)20-9-6-5-7-10-20/h5-7,9-10,15-17H,8,11-14H2,1-4H3,(H,23,26). The van der Waals surface area contributed by atoms with Crippen LogP contribution in [-0.2, 0) is 14.8 Å². The van der Waals surface area contributed by atoms with E-state index in [-0.39, 0.29) is 18.9 Å². The van der Waals surface area contributed by atoms with Gasteiger partial charge in [-0.2, -0.15) is 0 Å². The first-order valence-electron chi connectivity index (χ1n) is 9.76. The highest BCUT2D eigenvalue weighted by atomic mass is 32.2. The van der Waals surface area contributed by atoms with E-state index in [4.69, 9.17) is 0 Å². The van der Waals surface area contributed by atoms with Gasteiger partial charge in [0.25, 0.3) is 0 Å². The molecule has 2 aromatic carbocycles. The first-order valence-corrected chi connectivity index (χ1v) is 11.6. The van der Waals surface area contributed by atoms with Crippen LogP contribution in [0.5, 0.6) is 0 Å². The molecule has 0 aliphatic carbocycles. The third-order valence-corrected chi connectivity index (χ3v) is 5.82. The van der Waals surface area contributed by atoms with Crippen LogP contribution in [0.25, 0.3) is 0 Å². The van der Waals surface area contributed by atoms with Crippen LogP contribution in [0.1, 0.15) is 24.0 Å². The van der Waals surface area contributed by atoms with Gasteiger partial charge in [0.05, 0.1) is 11.9 Å². The van der Waals surface area contributed by atoms with Gasteiger partial charge >= 0.3 is 0 Å². The van der Waals surface area contributed by atoms with Crippen molar-refractivity contribution in [3.8, 4) is 0 Å². The second kappa shape index (κ2) is 10.3. The molecule has 0 saturated carbocycles. The summed E-state index contributed by atoms with van der Waals surface area (Å²) in [6.07, 6.45) is 1.94. The van der Waals surface area contributed by atoms with Crippen LogP contribution in [0.15, 0.2) is 48.5 Å². The minimum atomic E-state index is -3.41. The highest BCUT2D eigenvalue weighted by Crippen LogP contribution is 2.21. The van der Waals surface area contributed by atoms with Crippen molar-refractivity contribution < 1.29 is 13.2 Å². The summed E-state index contributed by atoms with van der Waals surface area (Å²) < 4.78 is 25.8. The SMILES string of the molecule is Cc1cc(C)cc(N(CCCC(=O)NCCN(C)c2ccccc2)S(C)(=O)=O)c1. The van der Waals surface area contributed by atoms with Crippen molar-refractivity contribution in [2.24, 2.45) is 0 Å². The number of carbonyl (C=O) groups excluding carboxylic acids is 1. The minimum Gasteiger partial charge on any atom is -0.373 e. The lowest BCUT2D eigenvalue weighted by Crippen LogP contribution is -2.34. The Labute approximate surface area is 174 Å². The third kappa shape index (κ3) is 7.42. The van der Waals surface area contributed by atoms with Crippen molar-refractivity contribution in [3.63, 3.8) is 0 Å². The lowest BCUT2D eigenvalue weighted by atomic mass is 10.1. The molecule has 0 unspecified atom stereocenters. The number of hydrogen-bond acceptors (Lipinski definition) is 4. The van der Waals surface area contributed by atoms with Gasteiger partial charge in [-0.15, -0.1) is 0 Å². The van der Waals surface area contributed by atoms with Gasteiger partial charge in [-0.25, -0.2) is 8.42 Å². The van der Waals surface area contributed by atoms with Gasteiger partial charge in [-0.1, -0.05) is 24.3 Å². The number of nitrogens with one attached hydrogen (secondary N) is 1. The van der Waals surface area contributed by atoms with Gasteiger partial charge in [0.15, 0.2) is 0 Å². The number of anilines is 2. The Morgan fingerprint density at radius 1 is 0.966 bits per heavy atom. The average Bonchev–Trinajstić information content (AvgIpc) is 2.64. The topological polar surface area (TPSA) is 69.7 Å². The molecule has 1 amide bonds. The smallest absolute Gasteiger partial charge is 0.232 e. The zero-order chi connectivity index (χ0) is 21.4. The van der Waals surface area contributed by atoms with Gasteiger partial charge in [-0.05, 0) is 55.7 Å². The molecular weight excluding hydrogens is 386 g/mol. The number of sulfonamides is 1. The van der Waals surface area contributed by atoms with Crippen molar-refractivity contribution >= 4 is 27.3 Å². The van der Waals surface area contributed by atoms with E-state index in [1.807, 2.05) is 69.4 Å². The van der Waals surface area contributed by atoms with Crippen molar-refractivity contribution in [2.45, 2.75) is 26.7 Å². The molecule has 29 heavy (non-hydrogen) atoms. The Hall–Kier alpha value is -2.54. The fourth-order valence-electron chi connectivity index (χ4n) is 3.23. The molecular formula is C22H31N3O3S. The number of nitrogens with zero attached hydrogens (tertiary/aromatic N) is 2. The molecule has 0 aromatic heterocycles. The molecule has 158 valence electrons. The van der Waals surface area contributed by atoms with Crippen LogP contribution in [0, 0.1) is 13.8 Å². The largest absolute Gasteiger partial charge is 0.373 e. The fraction of sp³-hybridized carbons (Fsp3) is 0.409. The molecule has 0 heterocycles. The molecule has 1 N–H and O–H groups in total. The molecule has 0 bridgehead atoms. The van der Waals surface area contributed by atoms with E-state index in [0.717, 1.165) is 16.8 Å². The summed E-state index contributed by atoms with van der Waals surface area (Å²) in [5.74, 6) is -0.0691. The summed E-state index contributed by atoms with van der Waals surface area (Å²) in [6.45, 7) is 5.40. The predicted octanol–water partition coefficient (Wildman–Crippen LogP) is 3.10.